The molecule has 3 heterocycles. The van der Waals surface area contributed by atoms with Crippen molar-refractivity contribution in [3.05, 3.63) is 5.82 Å². The average Bonchev–Trinajstić information content (AvgIpc) is 3.00. The maximum atomic E-state index is 4.20. The van der Waals surface area contributed by atoms with E-state index in [4.69, 9.17) is 0 Å². The first-order valence-electron chi connectivity index (χ1n) is 7.84. The quantitative estimate of drug-likeness (QED) is 0.800. The van der Waals surface area contributed by atoms with E-state index in [1.54, 1.807) is 0 Å². The van der Waals surface area contributed by atoms with Gasteiger partial charge in [-0.25, -0.2) is 4.68 Å². The van der Waals surface area contributed by atoms with E-state index in [-0.39, 0.29) is 0 Å². The van der Waals surface area contributed by atoms with Gasteiger partial charge in [-0.1, -0.05) is 0 Å². The van der Waals surface area contributed by atoms with Gasteiger partial charge in [0.2, 0.25) is 0 Å². The summed E-state index contributed by atoms with van der Waals surface area (Å²) in [5, 5.41) is 15.6. The largest absolute Gasteiger partial charge is 0.315 e. The highest BCUT2D eigenvalue weighted by molar-refractivity contribution is 4.92. The monoisotopic (exact) mass is 277 g/mol. The van der Waals surface area contributed by atoms with E-state index in [0.29, 0.717) is 6.04 Å². The van der Waals surface area contributed by atoms with Crippen molar-refractivity contribution in [3.8, 4) is 0 Å². The Morgan fingerprint density at radius 2 is 1.90 bits per heavy atom. The van der Waals surface area contributed by atoms with Gasteiger partial charge in [0.25, 0.3) is 0 Å². The van der Waals surface area contributed by atoms with Gasteiger partial charge in [0.05, 0.1) is 12.6 Å². The van der Waals surface area contributed by atoms with Crippen molar-refractivity contribution >= 4 is 0 Å². The van der Waals surface area contributed by atoms with Gasteiger partial charge in [-0.3, -0.25) is 9.80 Å². The standard InChI is InChI=1S/C13H23N7/c1-2-11(1)20-13(15-16-17-20)10-18-5-7-19(8-6-18)12-3-4-14-9-12/h11-12,14H,1-10H2. The Morgan fingerprint density at radius 3 is 2.60 bits per heavy atom. The Hall–Kier alpha value is -1.05. The second-order valence-electron chi connectivity index (χ2n) is 6.23. The maximum absolute atomic E-state index is 4.20. The number of aromatic nitrogens is 4. The highest BCUT2D eigenvalue weighted by atomic mass is 15.6. The predicted molar refractivity (Wildman–Crippen MR) is 74.2 cm³/mol. The van der Waals surface area contributed by atoms with Crippen LogP contribution < -0.4 is 5.32 Å². The lowest BCUT2D eigenvalue weighted by Crippen LogP contribution is -2.50. The Balaban J connectivity index is 1.31. The van der Waals surface area contributed by atoms with E-state index in [1.807, 2.05) is 4.68 Å². The molecule has 1 unspecified atom stereocenters. The van der Waals surface area contributed by atoms with Crippen molar-refractivity contribution in [1.29, 1.82) is 0 Å². The van der Waals surface area contributed by atoms with Crippen molar-refractivity contribution in [2.75, 3.05) is 39.3 Å². The van der Waals surface area contributed by atoms with Crippen LogP contribution in [0, 0.1) is 0 Å². The van der Waals surface area contributed by atoms with Crippen molar-refractivity contribution in [2.45, 2.75) is 37.9 Å². The second-order valence-corrected chi connectivity index (χ2v) is 6.23. The molecule has 0 bridgehead atoms. The fraction of sp³-hybridized carbons (Fsp3) is 0.923. The van der Waals surface area contributed by atoms with E-state index in [1.165, 1.54) is 45.4 Å². The van der Waals surface area contributed by atoms with Gasteiger partial charge >= 0.3 is 0 Å². The third-order valence-electron chi connectivity index (χ3n) is 4.78. The number of tetrazole rings is 1. The summed E-state index contributed by atoms with van der Waals surface area (Å²) in [4.78, 5) is 5.13. The van der Waals surface area contributed by atoms with Gasteiger partial charge in [-0.05, 0) is 36.2 Å². The van der Waals surface area contributed by atoms with Crippen LogP contribution in [-0.2, 0) is 6.54 Å². The molecule has 2 aliphatic heterocycles. The van der Waals surface area contributed by atoms with Crippen LogP contribution in [0.25, 0.3) is 0 Å². The summed E-state index contributed by atoms with van der Waals surface area (Å²) in [7, 11) is 0. The molecule has 0 radical (unpaired) electrons. The molecule has 1 aliphatic carbocycles. The Morgan fingerprint density at radius 1 is 1.05 bits per heavy atom. The van der Waals surface area contributed by atoms with Gasteiger partial charge in [0.15, 0.2) is 5.82 Å². The molecule has 20 heavy (non-hydrogen) atoms. The molecule has 0 spiro atoms. The summed E-state index contributed by atoms with van der Waals surface area (Å²) in [5.41, 5.74) is 0. The minimum atomic E-state index is 0.575. The van der Waals surface area contributed by atoms with Gasteiger partial charge in [-0.15, -0.1) is 5.10 Å². The third kappa shape index (κ3) is 2.57. The summed E-state index contributed by atoms with van der Waals surface area (Å²) in [6, 6.07) is 1.33. The first kappa shape index (κ1) is 12.7. The normalized spacial score (nSPS) is 29.1. The molecule has 4 rings (SSSR count). The zero-order valence-electron chi connectivity index (χ0n) is 11.9. The lowest BCUT2D eigenvalue weighted by Gasteiger charge is -2.37. The first-order valence-corrected chi connectivity index (χ1v) is 7.84. The molecule has 3 aliphatic rings. The number of hydrogen-bond donors (Lipinski definition) is 1. The average molecular weight is 277 g/mol. The molecule has 0 aromatic carbocycles. The smallest absolute Gasteiger partial charge is 0.165 e. The van der Waals surface area contributed by atoms with Gasteiger partial charge in [0.1, 0.15) is 0 Å². The van der Waals surface area contributed by atoms with Crippen molar-refractivity contribution < 1.29 is 0 Å². The van der Waals surface area contributed by atoms with Crippen LogP contribution in [0.1, 0.15) is 31.1 Å². The maximum Gasteiger partial charge on any atom is 0.165 e. The summed E-state index contributed by atoms with van der Waals surface area (Å²) in [6.07, 6.45) is 3.78. The molecule has 3 fully saturated rings. The van der Waals surface area contributed by atoms with E-state index in [0.717, 1.165) is 31.5 Å². The van der Waals surface area contributed by atoms with Crippen LogP contribution in [0.4, 0.5) is 0 Å². The SMILES string of the molecule is C1CC(N2CCN(Cc3nnnn3C3CC3)CC2)CN1. The summed E-state index contributed by atoms with van der Waals surface area (Å²) in [5.74, 6) is 1.04. The molecule has 0 amide bonds. The molecular weight excluding hydrogens is 254 g/mol. The predicted octanol–water partition coefficient (Wildman–Crippen LogP) is -0.512. The van der Waals surface area contributed by atoms with Crippen molar-refractivity contribution in [1.82, 2.24) is 35.3 Å². The topological polar surface area (TPSA) is 62.1 Å². The fourth-order valence-electron chi connectivity index (χ4n) is 3.36. The van der Waals surface area contributed by atoms with Crippen LogP contribution in [0.15, 0.2) is 0 Å². The van der Waals surface area contributed by atoms with Crippen LogP contribution in [-0.4, -0.2) is 75.3 Å². The fourth-order valence-corrected chi connectivity index (χ4v) is 3.36. The van der Waals surface area contributed by atoms with Gasteiger partial charge in [0, 0.05) is 38.8 Å². The number of piperazine rings is 1. The summed E-state index contributed by atoms with van der Waals surface area (Å²) in [6.45, 7) is 7.87. The van der Waals surface area contributed by atoms with E-state index >= 15 is 0 Å². The van der Waals surface area contributed by atoms with E-state index < -0.39 is 0 Å². The molecule has 1 atom stereocenters. The van der Waals surface area contributed by atoms with Gasteiger partial charge < -0.3 is 5.32 Å². The van der Waals surface area contributed by atoms with Gasteiger partial charge in [-0.2, -0.15) is 0 Å². The Labute approximate surface area is 119 Å². The molecule has 7 heteroatoms. The first-order chi connectivity index (χ1) is 9.90. The van der Waals surface area contributed by atoms with Crippen molar-refractivity contribution in [2.24, 2.45) is 0 Å². The van der Waals surface area contributed by atoms with E-state index in [9.17, 15) is 0 Å². The molecule has 7 nitrogen and oxygen atoms in total. The molecular formula is C13H23N7. The number of nitrogens with one attached hydrogen (secondary N) is 1. The highest BCUT2D eigenvalue weighted by Gasteiger charge is 2.30. The van der Waals surface area contributed by atoms with Crippen LogP contribution in [0.3, 0.4) is 0 Å². The molecule has 1 aromatic rings. The molecule has 1 aromatic heterocycles. The van der Waals surface area contributed by atoms with Crippen LogP contribution in [0.2, 0.25) is 0 Å². The minimum absolute atomic E-state index is 0.575. The zero-order chi connectivity index (χ0) is 13.4. The second kappa shape index (κ2) is 5.38. The van der Waals surface area contributed by atoms with E-state index in [2.05, 4.69) is 30.6 Å². The summed E-state index contributed by atoms with van der Waals surface area (Å²) < 4.78 is 2.03. The lowest BCUT2D eigenvalue weighted by atomic mass is 10.2. The molecule has 1 N–H and O–H groups in total. The zero-order valence-corrected chi connectivity index (χ0v) is 11.9. The van der Waals surface area contributed by atoms with Crippen LogP contribution in [0.5, 0.6) is 0 Å². The number of rotatable bonds is 4. The molecule has 1 saturated carbocycles. The van der Waals surface area contributed by atoms with Crippen LogP contribution >= 0.6 is 0 Å². The lowest BCUT2D eigenvalue weighted by molar-refractivity contribution is 0.0954. The van der Waals surface area contributed by atoms with Crippen molar-refractivity contribution in [3.63, 3.8) is 0 Å². The summed E-state index contributed by atoms with van der Waals surface area (Å²) >= 11 is 0. The molecule has 110 valence electrons. The number of nitrogens with zero attached hydrogens (tertiary/aromatic N) is 6. The highest BCUT2D eigenvalue weighted by Crippen LogP contribution is 2.34. The Bertz CT molecular complexity index is 441. The Kier molecular flexibility index (Phi) is 3.41. The molecule has 2 saturated heterocycles. The third-order valence-corrected chi connectivity index (χ3v) is 4.78. The number of hydrogen-bond acceptors (Lipinski definition) is 6. The minimum Gasteiger partial charge on any atom is -0.315 e.